The van der Waals surface area contributed by atoms with E-state index in [1.54, 1.807) is 6.07 Å². The minimum absolute atomic E-state index is 0.0777. The van der Waals surface area contributed by atoms with E-state index < -0.39 is 0 Å². The highest BCUT2D eigenvalue weighted by Crippen LogP contribution is 2.61. The zero-order chi connectivity index (χ0) is 18.4. The molecule has 0 radical (unpaired) electrons. The molecular formula is C22H25N3O2. The Morgan fingerprint density at radius 1 is 0.926 bits per heavy atom. The van der Waals surface area contributed by atoms with E-state index in [0.29, 0.717) is 12.1 Å². The molecule has 0 unspecified atom stereocenters. The van der Waals surface area contributed by atoms with Gasteiger partial charge in [-0.15, -0.1) is 0 Å². The molecule has 1 heterocycles. The van der Waals surface area contributed by atoms with E-state index in [9.17, 15) is 9.59 Å². The lowest BCUT2D eigenvalue weighted by Crippen LogP contribution is -2.50. The molecule has 0 atom stereocenters. The van der Waals surface area contributed by atoms with Gasteiger partial charge in [-0.2, -0.15) is 0 Å². The van der Waals surface area contributed by atoms with Gasteiger partial charge in [-0.3, -0.25) is 20.4 Å². The number of carbonyl (C=O) groups is 2. The minimum Gasteiger partial charge on any atom is -0.273 e. The first-order chi connectivity index (χ1) is 13.1. The number of para-hydroxylation sites is 1. The van der Waals surface area contributed by atoms with Gasteiger partial charge in [0.05, 0.1) is 5.52 Å². The van der Waals surface area contributed by atoms with Crippen LogP contribution >= 0.6 is 0 Å². The molecule has 5 heteroatoms. The molecule has 2 N–H and O–H groups in total. The zero-order valence-electron chi connectivity index (χ0n) is 15.4. The molecule has 4 aliphatic carbocycles. The molecule has 0 aliphatic heterocycles. The van der Waals surface area contributed by atoms with Gasteiger partial charge in [-0.05, 0) is 73.8 Å². The SMILES string of the molecule is O=C(CC12CC3CC(CC(C3)C1)C2)NNC(=O)c1ccc2ccccc2n1. The maximum atomic E-state index is 12.5. The maximum Gasteiger partial charge on any atom is 0.288 e. The molecule has 4 bridgehead atoms. The number of hydrogen-bond donors (Lipinski definition) is 2. The molecule has 4 saturated carbocycles. The fourth-order valence-electron chi connectivity index (χ4n) is 6.27. The number of benzene rings is 1. The fraction of sp³-hybridized carbons (Fsp3) is 0.500. The summed E-state index contributed by atoms with van der Waals surface area (Å²) >= 11 is 0. The van der Waals surface area contributed by atoms with Gasteiger partial charge >= 0.3 is 0 Å². The number of nitrogens with one attached hydrogen (secondary N) is 2. The number of pyridine rings is 1. The van der Waals surface area contributed by atoms with Crippen LogP contribution in [0.3, 0.4) is 0 Å². The van der Waals surface area contributed by atoms with Crippen LogP contribution in [-0.4, -0.2) is 16.8 Å². The summed E-state index contributed by atoms with van der Waals surface area (Å²) in [6.07, 6.45) is 8.19. The van der Waals surface area contributed by atoms with Crippen molar-refractivity contribution in [2.45, 2.75) is 44.9 Å². The summed E-state index contributed by atoms with van der Waals surface area (Å²) in [5, 5.41) is 0.986. The molecule has 4 fully saturated rings. The first-order valence-corrected chi connectivity index (χ1v) is 10.0. The van der Waals surface area contributed by atoms with Crippen LogP contribution < -0.4 is 10.9 Å². The summed E-state index contributed by atoms with van der Waals surface area (Å²) in [6, 6.07) is 11.2. The number of nitrogens with zero attached hydrogens (tertiary/aromatic N) is 1. The number of rotatable bonds is 3. The van der Waals surface area contributed by atoms with Gasteiger partial charge in [-0.1, -0.05) is 24.3 Å². The Hall–Kier alpha value is -2.43. The second-order valence-corrected chi connectivity index (χ2v) is 8.99. The van der Waals surface area contributed by atoms with Crippen molar-refractivity contribution in [3.05, 3.63) is 42.1 Å². The number of aromatic nitrogens is 1. The Labute approximate surface area is 158 Å². The molecule has 1 aromatic heterocycles. The standard InChI is InChI=1S/C22H25N3O2/c26-20(13-22-10-14-7-15(11-22)9-16(8-14)12-22)24-25-21(27)19-6-5-17-3-1-2-4-18(17)23-19/h1-6,14-16H,7-13H2,(H,24,26)(H,25,27). The van der Waals surface area contributed by atoms with Crippen LogP contribution in [0, 0.1) is 23.2 Å². The molecule has 0 saturated heterocycles. The summed E-state index contributed by atoms with van der Waals surface area (Å²) in [6.45, 7) is 0. The van der Waals surface area contributed by atoms with Gasteiger partial charge in [0.15, 0.2) is 0 Å². The summed E-state index contributed by atoms with van der Waals surface area (Å²) in [4.78, 5) is 29.3. The Bertz CT molecular complexity index is 872. The summed E-state index contributed by atoms with van der Waals surface area (Å²) in [7, 11) is 0. The van der Waals surface area contributed by atoms with Gasteiger partial charge in [0.2, 0.25) is 5.91 Å². The topological polar surface area (TPSA) is 71.1 Å². The van der Waals surface area contributed by atoms with Crippen LogP contribution in [0.1, 0.15) is 55.4 Å². The Morgan fingerprint density at radius 2 is 1.59 bits per heavy atom. The average Bonchev–Trinajstić information content (AvgIpc) is 2.64. The number of amides is 2. The van der Waals surface area contributed by atoms with Gasteiger partial charge in [0, 0.05) is 11.8 Å². The number of hydrazine groups is 1. The van der Waals surface area contributed by atoms with Gasteiger partial charge in [0.25, 0.3) is 5.91 Å². The van der Waals surface area contributed by atoms with E-state index in [0.717, 1.165) is 28.7 Å². The Kier molecular flexibility index (Phi) is 3.92. The third-order valence-corrected chi connectivity index (χ3v) is 6.85. The van der Waals surface area contributed by atoms with E-state index in [-0.39, 0.29) is 17.2 Å². The molecule has 1 aromatic carbocycles. The number of fused-ring (bicyclic) bond motifs is 1. The third kappa shape index (κ3) is 3.20. The highest BCUT2D eigenvalue weighted by molar-refractivity contribution is 5.95. The molecule has 4 aliphatic rings. The second-order valence-electron chi connectivity index (χ2n) is 8.99. The van der Waals surface area contributed by atoms with Crippen molar-refractivity contribution in [1.29, 1.82) is 0 Å². The highest BCUT2D eigenvalue weighted by Gasteiger charge is 2.51. The van der Waals surface area contributed by atoms with E-state index >= 15 is 0 Å². The second kappa shape index (κ2) is 6.32. The third-order valence-electron chi connectivity index (χ3n) is 6.85. The molecule has 6 rings (SSSR count). The molecule has 140 valence electrons. The van der Waals surface area contributed by atoms with Crippen molar-refractivity contribution in [2.75, 3.05) is 0 Å². The number of hydrogen-bond acceptors (Lipinski definition) is 3. The molecule has 27 heavy (non-hydrogen) atoms. The van der Waals surface area contributed by atoms with Crippen molar-refractivity contribution in [2.24, 2.45) is 23.2 Å². The van der Waals surface area contributed by atoms with Crippen LogP contribution in [0.5, 0.6) is 0 Å². The molecule has 0 spiro atoms. The first kappa shape index (κ1) is 16.7. The smallest absolute Gasteiger partial charge is 0.273 e. The molecule has 5 nitrogen and oxygen atoms in total. The average molecular weight is 363 g/mol. The largest absolute Gasteiger partial charge is 0.288 e. The highest BCUT2D eigenvalue weighted by atomic mass is 16.2. The van der Waals surface area contributed by atoms with E-state index in [4.69, 9.17) is 0 Å². The van der Waals surface area contributed by atoms with Crippen molar-refractivity contribution in [3.63, 3.8) is 0 Å². The lowest BCUT2D eigenvalue weighted by molar-refractivity contribution is -0.130. The summed E-state index contributed by atoms with van der Waals surface area (Å²) in [5.74, 6) is 2.01. The van der Waals surface area contributed by atoms with Crippen molar-refractivity contribution in [3.8, 4) is 0 Å². The maximum absolute atomic E-state index is 12.5. The fourth-order valence-corrected chi connectivity index (χ4v) is 6.27. The lowest BCUT2D eigenvalue weighted by atomic mass is 9.49. The summed E-state index contributed by atoms with van der Waals surface area (Å²) < 4.78 is 0. The van der Waals surface area contributed by atoms with E-state index in [1.165, 1.54) is 38.5 Å². The van der Waals surface area contributed by atoms with Gasteiger partial charge in [0.1, 0.15) is 5.69 Å². The van der Waals surface area contributed by atoms with Crippen LogP contribution in [0.4, 0.5) is 0 Å². The van der Waals surface area contributed by atoms with E-state index in [1.807, 2.05) is 30.3 Å². The van der Waals surface area contributed by atoms with Crippen LogP contribution in [0.25, 0.3) is 10.9 Å². The minimum atomic E-state index is -0.375. The predicted molar refractivity (Wildman–Crippen MR) is 103 cm³/mol. The van der Waals surface area contributed by atoms with Crippen molar-refractivity contribution in [1.82, 2.24) is 15.8 Å². The molecular weight excluding hydrogens is 338 g/mol. The van der Waals surface area contributed by atoms with Crippen molar-refractivity contribution >= 4 is 22.7 Å². The number of carbonyl (C=O) groups excluding carboxylic acids is 2. The normalized spacial score (nSPS) is 31.0. The Balaban J connectivity index is 1.21. The van der Waals surface area contributed by atoms with E-state index in [2.05, 4.69) is 15.8 Å². The van der Waals surface area contributed by atoms with Gasteiger partial charge < -0.3 is 0 Å². The van der Waals surface area contributed by atoms with Crippen molar-refractivity contribution < 1.29 is 9.59 Å². The van der Waals surface area contributed by atoms with Gasteiger partial charge in [-0.25, -0.2) is 4.98 Å². The quantitative estimate of drug-likeness (QED) is 0.819. The molecule has 2 amide bonds. The summed E-state index contributed by atoms with van der Waals surface area (Å²) in [5.41, 5.74) is 6.42. The van der Waals surface area contributed by atoms with Crippen LogP contribution in [0.15, 0.2) is 36.4 Å². The van der Waals surface area contributed by atoms with Crippen LogP contribution in [0.2, 0.25) is 0 Å². The predicted octanol–water partition coefficient (Wildman–Crippen LogP) is 3.60. The Morgan fingerprint density at radius 3 is 2.30 bits per heavy atom. The lowest BCUT2D eigenvalue weighted by Gasteiger charge is -2.56. The monoisotopic (exact) mass is 363 g/mol. The first-order valence-electron chi connectivity index (χ1n) is 10.0. The zero-order valence-corrected chi connectivity index (χ0v) is 15.4. The molecule has 2 aromatic rings. The van der Waals surface area contributed by atoms with Crippen LogP contribution in [-0.2, 0) is 4.79 Å².